The number of benzene rings is 1. The first-order valence-corrected chi connectivity index (χ1v) is 8.61. The molecule has 0 aliphatic heterocycles. The van der Waals surface area contributed by atoms with Crippen molar-refractivity contribution in [3.63, 3.8) is 0 Å². The summed E-state index contributed by atoms with van der Waals surface area (Å²) < 4.78 is 1.97. The van der Waals surface area contributed by atoms with Crippen LogP contribution >= 0.6 is 11.8 Å². The molecule has 2 aromatic rings. The Kier molecular flexibility index (Phi) is 3.93. The minimum atomic E-state index is 0.105. The molecular formula is C16H21N3OS. The largest absolute Gasteiger partial charge is 0.338 e. The maximum Gasteiger partial charge on any atom is 0.253 e. The van der Waals surface area contributed by atoms with Gasteiger partial charge < -0.3 is 9.47 Å². The number of nitrogens with zero attached hydrogens (tertiary/aromatic N) is 3. The molecule has 1 aromatic heterocycles. The van der Waals surface area contributed by atoms with Crippen LogP contribution in [0.5, 0.6) is 0 Å². The van der Waals surface area contributed by atoms with Crippen LogP contribution in [0.4, 0.5) is 0 Å². The molecule has 3 rings (SSSR count). The van der Waals surface area contributed by atoms with Crippen LogP contribution in [0.15, 0.2) is 24.5 Å². The van der Waals surface area contributed by atoms with Gasteiger partial charge in [0, 0.05) is 31.0 Å². The zero-order chi connectivity index (χ0) is 15.0. The quantitative estimate of drug-likeness (QED) is 0.875. The molecular weight excluding hydrogens is 282 g/mol. The second-order valence-electron chi connectivity index (χ2n) is 5.75. The minimum absolute atomic E-state index is 0.105. The SMILES string of the molecule is CS[C@H]1CCC[C@@H]1N(C)C(=O)c1ccc2c(c1)ncn2C. The van der Waals surface area contributed by atoms with Crippen molar-refractivity contribution < 1.29 is 4.79 Å². The first-order chi connectivity index (χ1) is 10.1. The van der Waals surface area contributed by atoms with Crippen LogP contribution in [0, 0.1) is 0 Å². The smallest absolute Gasteiger partial charge is 0.253 e. The van der Waals surface area contributed by atoms with Crippen molar-refractivity contribution in [2.45, 2.75) is 30.6 Å². The standard InChI is InChI=1S/C16H21N3OS/c1-18-10-17-12-9-11(7-8-13(12)18)16(20)19(2)14-5-4-6-15(14)21-3/h7-10,14-15H,4-6H2,1-3H3/t14-,15-/m0/s1. The van der Waals surface area contributed by atoms with Crippen LogP contribution in [0.3, 0.4) is 0 Å². The molecule has 1 heterocycles. The van der Waals surface area contributed by atoms with Crippen molar-refractivity contribution >= 4 is 28.7 Å². The molecule has 5 heteroatoms. The van der Waals surface area contributed by atoms with Gasteiger partial charge in [0.15, 0.2) is 0 Å². The lowest BCUT2D eigenvalue weighted by Gasteiger charge is -2.29. The predicted molar refractivity (Wildman–Crippen MR) is 87.7 cm³/mol. The fourth-order valence-corrected chi connectivity index (χ4v) is 4.28. The normalized spacial score (nSPS) is 21.9. The van der Waals surface area contributed by atoms with Crippen LogP contribution in [-0.4, -0.2) is 45.0 Å². The van der Waals surface area contributed by atoms with Crippen LogP contribution in [0.1, 0.15) is 29.6 Å². The molecule has 0 spiro atoms. The number of carbonyl (C=O) groups excluding carboxylic acids is 1. The number of hydrogen-bond donors (Lipinski definition) is 0. The van der Waals surface area contributed by atoms with Crippen molar-refractivity contribution in [1.82, 2.24) is 14.5 Å². The molecule has 21 heavy (non-hydrogen) atoms. The molecule has 2 atom stereocenters. The van der Waals surface area contributed by atoms with Gasteiger partial charge in [-0.3, -0.25) is 4.79 Å². The van der Waals surface area contributed by atoms with E-state index in [4.69, 9.17) is 0 Å². The molecule has 0 unspecified atom stereocenters. The number of carbonyl (C=O) groups is 1. The minimum Gasteiger partial charge on any atom is -0.338 e. The van der Waals surface area contributed by atoms with Crippen molar-refractivity contribution in [3.8, 4) is 0 Å². The molecule has 1 aromatic carbocycles. The summed E-state index contributed by atoms with van der Waals surface area (Å²) in [6.07, 6.45) is 7.46. The molecule has 112 valence electrons. The Hall–Kier alpha value is -1.49. The monoisotopic (exact) mass is 303 g/mol. The first-order valence-electron chi connectivity index (χ1n) is 7.33. The lowest BCUT2D eigenvalue weighted by Crippen LogP contribution is -2.40. The third-order valence-electron chi connectivity index (χ3n) is 4.51. The number of hydrogen-bond acceptors (Lipinski definition) is 3. The first kappa shape index (κ1) is 14.4. The Morgan fingerprint density at radius 2 is 2.24 bits per heavy atom. The van der Waals surface area contributed by atoms with Gasteiger partial charge >= 0.3 is 0 Å². The van der Waals surface area contributed by atoms with Crippen molar-refractivity contribution in [2.75, 3.05) is 13.3 Å². The lowest BCUT2D eigenvalue weighted by molar-refractivity contribution is 0.0738. The molecule has 0 bridgehead atoms. The van der Waals surface area contributed by atoms with Gasteiger partial charge in [-0.15, -0.1) is 0 Å². The molecule has 1 aliphatic rings. The molecule has 1 fully saturated rings. The number of fused-ring (bicyclic) bond motifs is 1. The highest BCUT2D eigenvalue weighted by Crippen LogP contribution is 2.32. The third-order valence-corrected chi connectivity index (χ3v) is 5.67. The van der Waals surface area contributed by atoms with E-state index in [1.54, 1.807) is 6.33 Å². The van der Waals surface area contributed by atoms with Crippen molar-refractivity contribution in [3.05, 3.63) is 30.1 Å². The van der Waals surface area contributed by atoms with E-state index in [1.165, 1.54) is 12.8 Å². The van der Waals surface area contributed by atoms with Crippen LogP contribution in [0.2, 0.25) is 0 Å². The summed E-state index contributed by atoms with van der Waals surface area (Å²) in [5.74, 6) is 0.105. The van der Waals surface area contributed by atoms with E-state index in [2.05, 4.69) is 11.2 Å². The number of amides is 1. The summed E-state index contributed by atoms with van der Waals surface area (Å²) in [4.78, 5) is 19.0. The maximum atomic E-state index is 12.7. The summed E-state index contributed by atoms with van der Waals surface area (Å²) in [6, 6.07) is 6.14. The van der Waals surface area contributed by atoms with E-state index in [9.17, 15) is 4.79 Å². The van der Waals surface area contributed by atoms with E-state index in [-0.39, 0.29) is 5.91 Å². The number of aromatic nitrogens is 2. The fraction of sp³-hybridized carbons (Fsp3) is 0.500. The van der Waals surface area contributed by atoms with Crippen molar-refractivity contribution in [2.24, 2.45) is 7.05 Å². The Morgan fingerprint density at radius 1 is 1.43 bits per heavy atom. The lowest BCUT2D eigenvalue weighted by atomic mass is 10.1. The van der Waals surface area contributed by atoms with Gasteiger partial charge in [0.1, 0.15) is 0 Å². The molecule has 1 amide bonds. The second kappa shape index (κ2) is 5.72. The number of thioether (sulfide) groups is 1. The highest BCUT2D eigenvalue weighted by Gasteiger charge is 2.32. The van der Waals surface area contributed by atoms with Crippen LogP contribution < -0.4 is 0 Å². The number of aryl methyl sites for hydroxylation is 1. The molecule has 1 saturated carbocycles. The van der Waals surface area contributed by atoms with Gasteiger partial charge in [0.25, 0.3) is 5.91 Å². The van der Waals surface area contributed by atoms with E-state index >= 15 is 0 Å². The van der Waals surface area contributed by atoms with Gasteiger partial charge in [0.2, 0.25) is 0 Å². The summed E-state index contributed by atoms with van der Waals surface area (Å²) >= 11 is 1.88. The Bertz CT molecular complexity index is 667. The van der Waals surface area contributed by atoms with Gasteiger partial charge in [-0.25, -0.2) is 4.98 Å². The third kappa shape index (κ3) is 2.55. The Morgan fingerprint density at radius 3 is 3.00 bits per heavy atom. The summed E-state index contributed by atoms with van der Waals surface area (Å²) in [5, 5.41) is 0.567. The fourth-order valence-electron chi connectivity index (χ4n) is 3.25. The van der Waals surface area contributed by atoms with Gasteiger partial charge in [0.05, 0.1) is 17.4 Å². The van der Waals surface area contributed by atoms with Gasteiger partial charge in [-0.2, -0.15) is 11.8 Å². The summed E-state index contributed by atoms with van der Waals surface area (Å²) in [5.41, 5.74) is 2.66. The summed E-state index contributed by atoms with van der Waals surface area (Å²) in [6.45, 7) is 0. The average molecular weight is 303 g/mol. The van der Waals surface area contributed by atoms with E-state index < -0.39 is 0 Å². The average Bonchev–Trinajstić information content (AvgIpc) is 3.12. The molecule has 1 aliphatic carbocycles. The van der Waals surface area contributed by atoms with Crippen LogP contribution in [0.25, 0.3) is 11.0 Å². The highest BCUT2D eigenvalue weighted by molar-refractivity contribution is 7.99. The zero-order valence-electron chi connectivity index (χ0n) is 12.7. The topological polar surface area (TPSA) is 38.1 Å². The zero-order valence-corrected chi connectivity index (χ0v) is 13.6. The van der Waals surface area contributed by atoms with Crippen LogP contribution in [-0.2, 0) is 7.05 Å². The van der Waals surface area contributed by atoms with E-state index in [0.717, 1.165) is 23.0 Å². The second-order valence-corrected chi connectivity index (χ2v) is 6.82. The Labute approximate surface area is 129 Å². The Balaban J connectivity index is 1.85. The van der Waals surface area contributed by atoms with Gasteiger partial charge in [-0.05, 0) is 37.3 Å². The highest BCUT2D eigenvalue weighted by atomic mass is 32.2. The van der Waals surface area contributed by atoms with Crippen molar-refractivity contribution in [1.29, 1.82) is 0 Å². The number of rotatable bonds is 3. The maximum absolute atomic E-state index is 12.7. The van der Waals surface area contributed by atoms with E-state index in [1.807, 2.05) is 53.5 Å². The molecule has 0 N–H and O–H groups in total. The molecule has 0 saturated heterocycles. The molecule has 4 nitrogen and oxygen atoms in total. The number of imidazole rings is 1. The predicted octanol–water partition coefficient (Wildman–Crippen LogP) is 2.93. The van der Waals surface area contributed by atoms with E-state index in [0.29, 0.717) is 11.3 Å². The van der Waals surface area contributed by atoms with Gasteiger partial charge in [-0.1, -0.05) is 6.42 Å². The molecule has 0 radical (unpaired) electrons. The summed E-state index contributed by atoms with van der Waals surface area (Å²) in [7, 11) is 3.90.